The summed E-state index contributed by atoms with van der Waals surface area (Å²) in [7, 11) is 0. The fourth-order valence-electron chi connectivity index (χ4n) is 1.97. The van der Waals surface area contributed by atoms with E-state index in [-0.39, 0.29) is 23.8 Å². The minimum absolute atomic E-state index is 0.0567. The topological polar surface area (TPSA) is 95.1 Å². The zero-order valence-electron chi connectivity index (χ0n) is 11.8. The molecule has 0 saturated heterocycles. The third-order valence-corrected chi connectivity index (χ3v) is 2.69. The average molecular weight is 267 g/mol. The van der Waals surface area contributed by atoms with Gasteiger partial charge in [-0.1, -0.05) is 20.8 Å². The number of carboxylic acid groups (broad SMARTS) is 1. The molecule has 1 amide bonds. The summed E-state index contributed by atoms with van der Waals surface area (Å²) in [6.45, 7) is 7.78. The van der Waals surface area contributed by atoms with Crippen LogP contribution in [0.25, 0.3) is 0 Å². The number of hydrogen-bond donors (Lipinski definition) is 3. The molecule has 0 radical (unpaired) electrons. The Hall–Kier alpha value is -1.85. The molecule has 0 aliphatic carbocycles. The number of carboxylic acids is 1. The highest BCUT2D eigenvalue weighted by molar-refractivity contribution is 5.95. The fraction of sp³-hybridized carbons (Fsp3) is 0.615. The number of nitrogens with zero attached hydrogens (tertiary/aromatic N) is 1. The highest BCUT2D eigenvalue weighted by Gasteiger charge is 2.24. The first-order valence-electron chi connectivity index (χ1n) is 6.21. The number of amides is 1. The van der Waals surface area contributed by atoms with Crippen LogP contribution in [0.5, 0.6) is 0 Å². The van der Waals surface area contributed by atoms with Crippen LogP contribution in [-0.4, -0.2) is 33.2 Å². The lowest BCUT2D eigenvalue weighted by Gasteiger charge is -2.25. The number of aliphatic carboxylic acids is 1. The van der Waals surface area contributed by atoms with Crippen molar-refractivity contribution in [3.8, 4) is 0 Å². The van der Waals surface area contributed by atoms with Crippen LogP contribution < -0.4 is 5.32 Å². The first-order valence-corrected chi connectivity index (χ1v) is 6.21. The van der Waals surface area contributed by atoms with Gasteiger partial charge in [0.25, 0.3) is 5.91 Å². The molecule has 0 fully saturated rings. The summed E-state index contributed by atoms with van der Waals surface area (Å²) in [5, 5.41) is 18.1. The van der Waals surface area contributed by atoms with Gasteiger partial charge in [0, 0.05) is 11.7 Å². The first kappa shape index (κ1) is 15.2. The molecule has 1 rings (SSSR count). The maximum absolute atomic E-state index is 12.0. The van der Waals surface area contributed by atoms with Gasteiger partial charge in [-0.15, -0.1) is 0 Å². The third-order valence-electron chi connectivity index (χ3n) is 2.69. The van der Waals surface area contributed by atoms with Gasteiger partial charge in [0.2, 0.25) is 0 Å². The standard InChI is InChI=1S/C13H21N3O3/c1-8-10(7-14-16-8)12(19)15-9(5-11(17)18)6-13(2,3)4/h7,9H,5-6H2,1-4H3,(H,14,16)(H,15,19)(H,17,18). The van der Waals surface area contributed by atoms with Crippen molar-refractivity contribution >= 4 is 11.9 Å². The van der Waals surface area contributed by atoms with E-state index in [9.17, 15) is 9.59 Å². The van der Waals surface area contributed by atoms with E-state index in [1.54, 1.807) is 6.92 Å². The van der Waals surface area contributed by atoms with E-state index in [2.05, 4.69) is 15.5 Å². The van der Waals surface area contributed by atoms with Crippen molar-refractivity contribution in [2.75, 3.05) is 0 Å². The van der Waals surface area contributed by atoms with Gasteiger partial charge < -0.3 is 10.4 Å². The minimum Gasteiger partial charge on any atom is -0.481 e. The zero-order chi connectivity index (χ0) is 14.6. The van der Waals surface area contributed by atoms with Crippen molar-refractivity contribution in [1.29, 1.82) is 0 Å². The third kappa shape index (κ3) is 5.11. The normalized spacial score (nSPS) is 13.1. The van der Waals surface area contributed by atoms with Crippen molar-refractivity contribution in [1.82, 2.24) is 15.5 Å². The van der Waals surface area contributed by atoms with Gasteiger partial charge >= 0.3 is 5.97 Å². The maximum atomic E-state index is 12.0. The molecule has 1 aromatic heterocycles. The Morgan fingerprint density at radius 1 is 1.47 bits per heavy atom. The molecule has 6 heteroatoms. The Balaban J connectivity index is 2.74. The molecule has 1 unspecified atom stereocenters. The lowest BCUT2D eigenvalue weighted by atomic mass is 9.87. The number of aromatic nitrogens is 2. The smallest absolute Gasteiger partial charge is 0.305 e. The second-order valence-corrected chi connectivity index (χ2v) is 5.94. The number of rotatable bonds is 5. The van der Waals surface area contributed by atoms with Crippen LogP contribution in [-0.2, 0) is 4.79 Å². The highest BCUT2D eigenvalue weighted by Crippen LogP contribution is 2.22. The number of hydrogen-bond acceptors (Lipinski definition) is 3. The monoisotopic (exact) mass is 267 g/mol. The Morgan fingerprint density at radius 2 is 2.11 bits per heavy atom. The van der Waals surface area contributed by atoms with Crippen molar-refractivity contribution in [2.45, 2.75) is 46.6 Å². The van der Waals surface area contributed by atoms with E-state index in [1.807, 2.05) is 20.8 Å². The average Bonchev–Trinajstić information content (AvgIpc) is 2.60. The van der Waals surface area contributed by atoms with E-state index in [0.717, 1.165) is 0 Å². The fourth-order valence-corrected chi connectivity index (χ4v) is 1.97. The molecule has 0 aliphatic rings. The first-order chi connectivity index (χ1) is 8.69. The van der Waals surface area contributed by atoms with E-state index in [1.165, 1.54) is 6.20 Å². The van der Waals surface area contributed by atoms with Gasteiger partial charge in [0.15, 0.2) is 0 Å². The number of carbonyl (C=O) groups is 2. The summed E-state index contributed by atoms with van der Waals surface area (Å²) >= 11 is 0. The predicted molar refractivity (Wildman–Crippen MR) is 70.9 cm³/mol. The summed E-state index contributed by atoms with van der Waals surface area (Å²) in [5.41, 5.74) is 1.06. The second-order valence-electron chi connectivity index (χ2n) is 5.94. The molecular weight excluding hydrogens is 246 g/mol. The molecule has 0 spiro atoms. The maximum Gasteiger partial charge on any atom is 0.305 e. The molecule has 1 aromatic rings. The molecule has 3 N–H and O–H groups in total. The van der Waals surface area contributed by atoms with Crippen LogP contribution >= 0.6 is 0 Å². The molecule has 106 valence electrons. The number of aryl methyl sites for hydroxylation is 1. The predicted octanol–water partition coefficient (Wildman–Crippen LogP) is 1.73. The summed E-state index contributed by atoms with van der Waals surface area (Å²) in [5.74, 6) is -1.21. The number of nitrogens with one attached hydrogen (secondary N) is 2. The van der Waals surface area contributed by atoms with Gasteiger partial charge in [-0.05, 0) is 18.8 Å². The van der Waals surface area contributed by atoms with Crippen LogP contribution in [0.15, 0.2) is 6.20 Å². The molecule has 1 atom stereocenters. The Bertz CT molecular complexity index is 460. The Labute approximate surface area is 112 Å². The SMILES string of the molecule is Cc1[nH]ncc1C(=O)NC(CC(=O)O)CC(C)(C)C. The number of H-pyrrole nitrogens is 1. The lowest BCUT2D eigenvalue weighted by Crippen LogP contribution is -2.39. The van der Waals surface area contributed by atoms with E-state index >= 15 is 0 Å². The number of carbonyl (C=O) groups excluding carboxylic acids is 1. The van der Waals surface area contributed by atoms with E-state index in [4.69, 9.17) is 5.11 Å². The van der Waals surface area contributed by atoms with Crippen LogP contribution in [0.2, 0.25) is 0 Å². The van der Waals surface area contributed by atoms with Gasteiger partial charge in [0.1, 0.15) is 0 Å². The molecule has 0 saturated carbocycles. The van der Waals surface area contributed by atoms with Crippen LogP contribution in [0.4, 0.5) is 0 Å². The van der Waals surface area contributed by atoms with Crippen molar-refractivity contribution < 1.29 is 14.7 Å². The molecule has 19 heavy (non-hydrogen) atoms. The molecule has 6 nitrogen and oxygen atoms in total. The lowest BCUT2D eigenvalue weighted by molar-refractivity contribution is -0.137. The minimum atomic E-state index is -0.918. The van der Waals surface area contributed by atoms with E-state index < -0.39 is 5.97 Å². The molecule has 0 bridgehead atoms. The second kappa shape index (κ2) is 5.86. The van der Waals surface area contributed by atoms with E-state index in [0.29, 0.717) is 17.7 Å². The molecule has 1 heterocycles. The highest BCUT2D eigenvalue weighted by atomic mass is 16.4. The van der Waals surface area contributed by atoms with Crippen molar-refractivity contribution in [3.63, 3.8) is 0 Å². The van der Waals surface area contributed by atoms with Crippen molar-refractivity contribution in [2.24, 2.45) is 5.41 Å². The Kier molecular flexibility index (Phi) is 4.69. The molecule has 0 aliphatic heterocycles. The van der Waals surface area contributed by atoms with Gasteiger partial charge in [0.05, 0.1) is 18.2 Å². The van der Waals surface area contributed by atoms with Gasteiger partial charge in [-0.25, -0.2) is 0 Å². The summed E-state index contributed by atoms with van der Waals surface area (Å²) in [6, 6.07) is -0.390. The van der Waals surface area contributed by atoms with Gasteiger partial charge in [-0.2, -0.15) is 5.10 Å². The summed E-state index contributed by atoms with van der Waals surface area (Å²) < 4.78 is 0. The molecule has 0 aromatic carbocycles. The quantitative estimate of drug-likeness (QED) is 0.757. The number of aromatic amines is 1. The van der Waals surface area contributed by atoms with Crippen LogP contribution in [0.1, 0.15) is 49.7 Å². The molecular formula is C13H21N3O3. The largest absolute Gasteiger partial charge is 0.481 e. The van der Waals surface area contributed by atoms with Crippen LogP contribution in [0, 0.1) is 12.3 Å². The zero-order valence-corrected chi connectivity index (χ0v) is 11.8. The van der Waals surface area contributed by atoms with Gasteiger partial charge in [-0.3, -0.25) is 14.7 Å². The summed E-state index contributed by atoms with van der Waals surface area (Å²) in [4.78, 5) is 22.9. The van der Waals surface area contributed by atoms with Crippen molar-refractivity contribution in [3.05, 3.63) is 17.5 Å². The van der Waals surface area contributed by atoms with Crippen LogP contribution in [0.3, 0.4) is 0 Å². The Morgan fingerprint density at radius 3 is 2.53 bits per heavy atom. The summed E-state index contributed by atoms with van der Waals surface area (Å²) in [6.07, 6.45) is 1.96.